The Morgan fingerprint density at radius 1 is 1.02 bits per heavy atom. The van der Waals surface area contributed by atoms with Gasteiger partial charge >= 0.3 is 5.97 Å². The molecule has 3 unspecified atom stereocenters. The van der Waals surface area contributed by atoms with Gasteiger partial charge in [0.25, 0.3) is 0 Å². The van der Waals surface area contributed by atoms with Gasteiger partial charge in [-0.1, -0.05) is 70.7 Å². The minimum atomic E-state index is -0.848. The van der Waals surface area contributed by atoms with Gasteiger partial charge < -0.3 is 25.7 Å². The van der Waals surface area contributed by atoms with Crippen LogP contribution >= 0.6 is 11.3 Å². The number of amides is 3. The number of carbonyl (C=O) groups is 4. The molecule has 1 fully saturated rings. The first-order valence-corrected chi connectivity index (χ1v) is 16.0. The molecule has 1 aliphatic rings. The summed E-state index contributed by atoms with van der Waals surface area (Å²) in [5, 5.41) is 24.9. The lowest BCUT2D eigenvalue weighted by Crippen LogP contribution is -2.57. The summed E-state index contributed by atoms with van der Waals surface area (Å²) in [6.07, 6.45) is 4.67. The Hall–Kier alpha value is -3.31. The van der Waals surface area contributed by atoms with Gasteiger partial charge in [0, 0.05) is 32.4 Å². The number of aliphatic carboxylic acids is 1. The number of carboxylic acid groups (broad SMARTS) is 1. The minimum Gasteiger partial charge on any atom is -0.481 e. The number of aromatic nitrogens is 1. The highest BCUT2D eigenvalue weighted by atomic mass is 32.1. The zero-order valence-electron chi connectivity index (χ0n) is 25.7. The van der Waals surface area contributed by atoms with Crippen molar-refractivity contribution in [1.82, 2.24) is 20.5 Å². The molecule has 1 aliphatic heterocycles. The van der Waals surface area contributed by atoms with Gasteiger partial charge in [0.05, 0.1) is 22.2 Å². The van der Waals surface area contributed by atoms with E-state index in [0.717, 1.165) is 47.4 Å². The number of rotatable bonds is 15. The average Bonchev–Trinajstić information content (AvgIpc) is 3.56. The van der Waals surface area contributed by atoms with Crippen molar-refractivity contribution in [3.8, 4) is 10.4 Å². The van der Waals surface area contributed by atoms with Crippen LogP contribution in [0, 0.1) is 12.3 Å². The number of carboxylic acids is 1. The second-order valence-electron chi connectivity index (χ2n) is 12.5. The van der Waals surface area contributed by atoms with Gasteiger partial charge in [-0.15, -0.1) is 11.3 Å². The molecule has 0 aliphatic carbocycles. The summed E-state index contributed by atoms with van der Waals surface area (Å²) in [7, 11) is 0. The summed E-state index contributed by atoms with van der Waals surface area (Å²) in [5.74, 6) is -1.72. The van der Waals surface area contributed by atoms with Crippen molar-refractivity contribution < 1.29 is 29.4 Å². The lowest BCUT2D eigenvalue weighted by Gasteiger charge is -2.35. The van der Waals surface area contributed by atoms with Crippen molar-refractivity contribution in [3.05, 3.63) is 41.0 Å². The van der Waals surface area contributed by atoms with Gasteiger partial charge in [-0.2, -0.15) is 0 Å². The van der Waals surface area contributed by atoms with E-state index in [0.29, 0.717) is 12.8 Å². The Morgan fingerprint density at radius 3 is 2.23 bits per heavy atom. The van der Waals surface area contributed by atoms with Crippen molar-refractivity contribution >= 4 is 35.0 Å². The molecule has 4 N–H and O–H groups in total. The number of aliphatic hydroxyl groups is 1. The average molecular weight is 615 g/mol. The maximum atomic E-state index is 13.7. The van der Waals surface area contributed by atoms with E-state index >= 15 is 0 Å². The fraction of sp³-hybridized carbons (Fsp3) is 0.594. The second-order valence-corrected chi connectivity index (χ2v) is 13.3. The number of hydrogen-bond donors (Lipinski definition) is 4. The van der Waals surface area contributed by atoms with Crippen molar-refractivity contribution in [1.29, 1.82) is 0 Å². The predicted molar refractivity (Wildman–Crippen MR) is 166 cm³/mol. The summed E-state index contributed by atoms with van der Waals surface area (Å²) < 4.78 is 0. The van der Waals surface area contributed by atoms with E-state index in [2.05, 4.69) is 15.6 Å². The SMILES string of the molecule is Cc1ncsc1-c1ccc(CNC(=O)C2CC(O)CN2C(=O)C(NC(=O)CCCCCCCCC(=O)O)C(C)(C)C)cc1. The van der Waals surface area contributed by atoms with Crippen molar-refractivity contribution in [3.63, 3.8) is 0 Å². The molecule has 0 bridgehead atoms. The van der Waals surface area contributed by atoms with Gasteiger partial charge in [-0.25, -0.2) is 4.98 Å². The van der Waals surface area contributed by atoms with Gasteiger partial charge in [-0.05, 0) is 36.3 Å². The zero-order valence-corrected chi connectivity index (χ0v) is 26.5. The number of nitrogens with one attached hydrogen (secondary N) is 2. The number of β-amino-alcohol motifs (C(OH)–C–C–N with tert-alkyl or cyclic N) is 1. The lowest BCUT2D eigenvalue weighted by molar-refractivity contribution is -0.144. The summed E-state index contributed by atoms with van der Waals surface area (Å²) in [6.45, 7) is 7.89. The predicted octanol–water partition coefficient (Wildman–Crippen LogP) is 4.43. The summed E-state index contributed by atoms with van der Waals surface area (Å²) in [6, 6.07) is 6.22. The van der Waals surface area contributed by atoms with Crippen molar-refractivity contribution in [2.45, 2.75) is 110 Å². The molecule has 0 radical (unpaired) electrons. The van der Waals surface area contributed by atoms with Crippen LogP contribution in [0.15, 0.2) is 29.8 Å². The van der Waals surface area contributed by atoms with Crippen LogP contribution in [-0.4, -0.2) is 68.5 Å². The van der Waals surface area contributed by atoms with Crippen LogP contribution in [0.3, 0.4) is 0 Å². The number of thiazole rings is 1. The molecule has 236 valence electrons. The second kappa shape index (κ2) is 16.0. The third-order valence-corrected chi connectivity index (χ3v) is 8.73. The molecular formula is C32H46N4O6S. The third kappa shape index (κ3) is 10.4. The highest BCUT2D eigenvalue weighted by Crippen LogP contribution is 2.28. The molecular weight excluding hydrogens is 568 g/mol. The van der Waals surface area contributed by atoms with Crippen molar-refractivity contribution in [2.24, 2.45) is 5.41 Å². The highest BCUT2D eigenvalue weighted by Gasteiger charge is 2.44. The van der Waals surface area contributed by atoms with E-state index in [9.17, 15) is 24.3 Å². The molecule has 10 nitrogen and oxygen atoms in total. The summed E-state index contributed by atoms with van der Waals surface area (Å²) >= 11 is 1.58. The van der Waals surface area contributed by atoms with Gasteiger partial charge in [0.15, 0.2) is 0 Å². The normalized spacial score (nSPS) is 17.5. The summed E-state index contributed by atoms with van der Waals surface area (Å²) in [4.78, 5) is 57.2. The first kappa shape index (κ1) is 34.2. The largest absolute Gasteiger partial charge is 0.481 e. The molecule has 1 aromatic carbocycles. The van der Waals surface area contributed by atoms with Crippen LogP contribution in [0.25, 0.3) is 10.4 Å². The van der Waals surface area contributed by atoms with Crippen LogP contribution in [0.4, 0.5) is 0 Å². The molecule has 1 aromatic heterocycles. The Balaban J connectivity index is 1.53. The number of likely N-dealkylation sites (tertiary alicyclic amines) is 1. The van der Waals surface area contributed by atoms with Crippen LogP contribution in [0.1, 0.15) is 89.8 Å². The number of benzene rings is 1. The molecule has 3 amide bonds. The Kier molecular flexibility index (Phi) is 12.7. The van der Waals surface area contributed by atoms with Gasteiger partial charge in [0.1, 0.15) is 12.1 Å². The van der Waals surface area contributed by atoms with Crippen LogP contribution in [0.5, 0.6) is 0 Å². The maximum Gasteiger partial charge on any atom is 0.303 e. The number of hydrogen-bond acceptors (Lipinski definition) is 7. The number of aliphatic hydroxyl groups excluding tert-OH is 1. The lowest BCUT2D eigenvalue weighted by atomic mass is 9.85. The standard InChI is InChI=1S/C32H46N4O6S/c1-21-28(43-20-34-21)23-15-13-22(14-16-23)18-33-30(41)25-17-24(37)19-36(25)31(42)29(32(2,3)4)35-26(38)11-9-7-5-6-8-10-12-27(39)40/h13-16,20,24-25,29,37H,5-12,17-19H2,1-4H3,(H,33,41)(H,35,38)(H,39,40). The molecule has 3 atom stereocenters. The van der Waals surface area contributed by atoms with E-state index in [1.54, 1.807) is 11.3 Å². The monoisotopic (exact) mass is 614 g/mol. The highest BCUT2D eigenvalue weighted by molar-refractivity contribution is 7.13. The fourth-order valence-electron chi connectivity index (χ4n) is 5.28. The molecule has 43 heavy (non-hydrogen) atoms. The number of carbonyl (C=O) groups excluding carboxylic acids is 3. The Labute approximate surface area is 258 Å². The first-order valence-electron chi connectivity index (χ1n) is 15.1. The zero-order chi connectivity index (χ0) is 31.6. The Morgan fingerprint density at radius 2 is 1.65 bits per heavy atom. The quantitative estimate of drug-likeness (QED) is 0.217. The van der Waals surface area contributed by atoms with E-state index in [1.165, 1.54) is 4.90 Å². The molecule has 0 saturated carbocycles. The molecule has 1 saturated heterocycles. The molecule has 2 heterocycles. The topological polar surface area (TPSA) is 149 Å². The van der Waals surface area contributed by atoms with E-state index in [4.69, 9.17) is 5.11 Å². The summed E-state index contributed by atoms with van der Waals surface area (Å²) in [5.41, 5.74) is 4.16. The molecule has 11 heteroatoms. The smallest absolute Gasteiger partial charge is 0.303 e. The van der Waals surface area contributed by atoms with E-state index < -0.39 is 29.6 Å². The van der Waals surface area contributed by atoms with Gasteiger partial charge in [0.2, 0.25) is 17.7 Å². The van der Waals surface area contributed by atoms with Crippen LogP contribution in [-0.2, 0) is 25.7 Å². The number of aryl methyl sites for hydroxylation is 1. The minimum absolute atomic E-state index is 0.0319. The molecule has 3 rings (SSSR count). The van der Waals surface area contributed by atoms with E-state index in [1.807, 2.05) is 57.5 Å². The van der Waals surface area contributed by atoms with Crippen LogP contribution in [0.2, 0.25) is 0 Å². The number of unbranched alkanes of at least 4 members (excludes halogenated alkanes) is 5. The fourth-order valence-corrected chi connectivity index (χ4v) is 6.09. The van der Waals surface area contributed by atoms with Gasteiger partial charge in [-0.3, -0.25) is 19.2 Å². The Bertz CT molecular complexity index is 1240. The number of nitrogens with zero attached hydrogens (tertiary/aromatic N) is 2. The van der Waals surface area contributed by atoms with Crippen LogP contribution < -0.4 is 10.6 Å². The van der Waals surface area contributed by atoms with E-state index in [-0.39, 0.29) is 50.1 Å². The van der Waals surface area contributed by atoms with Crippen molar-refractivity contribution in [2.75, 3.05) is 6.54 Å². The first-order chi connectivity index (χ1) is 20.4. The third-order valence-electron chi connectivity index (χ3n) is 7.76. The molecule has 0 spiro atoms. The maximum absolute atomic E-state index is 13.7. The molecule has 2 aromatic rings.